The van der Waals surface area contributed by atoms with Gasteiger partial charge in [-0.05, 0) is 49.9 Å². The molecule has 0 spiro atoms. The van der Waals surface area contributed by atoms with Crippen molar-refractivity contribution < 1.29 is 15.0 Å². The van der Waals surface area contributed by atoms with Gasteiger partial charge < -0.3 is 15.5 Å². The summed E-state index contributed by atoms with van der Waals surface area (Å²) >= 11 is 0. The minimum absolute atomic E-state index is 0.0966. The molecule has 4 aliphatic rings. The quantitative estimate of drug-likeness (QED) is 0.610. The topological polar surface area (TPSA) is 69.6 Å². The summed E-state index contributed by atoms with van der Waals surface area (Å²) in [5, 5.41) is 21.7. The Morgan fingerprint density at radius 1 is 1.20 bits per heavy atom. The summed E-state index contributed by atoms with van der Waals surface area (Å²) in [5.74, 6) is 1.38. The highest BCUT2D eigenvalue weighted by atomic mass is 16.4. The van der Waals surface area contributed by atoms with E-state index in [1.807, 2.05) is 0 Å². The number of rotatable bonds is 1. The van der Waals surface area contributed by atoms with Gasteiger partial charge in [-0.15, -0.1) is 0 Å². The lowest BCUT2D eigenvalue weighted by molar-refractivity contribution is -0.137. The molecular weight excluding hydrogens is 194 g/mol. The van der Waals surface area contributed by atoms with Crippen molar-refractivity contribution >= 4 is 6.09 Å². The number of carbonyl (C=O) groups is 1. The van der Waals surface area contributed by atoms with E-state index in [0.29, 0.717) is 17.8 Å². The van der Waals surface area contributed by atoms with E-state index in [0.717, 1.165) is 32.1 Å². The molecule has 0 radical (unpaired) electrons. The highest BCUT2D eigenvalue weighted by Crippen LogP contribution is 2.55. The molecule has 84 valence electrons. The van der Waals surface area contributed by atoms with E-state index >= 15 is 0 Å². The summed E-state index contributed by atoms with van der Waals surface area (Å²) in [5.41, 5.74) is -0.465. The maximum Gasteiger partial charge on any atom is 0.404 e. The molecule has 15 heavy (non-hydrogen) atoms. The first-order valence-electron chi connectivity index (χ1n) is 5.78. The Labute approximate surface area is 88.7 Å². The Balaban J connectivity index is 1.82. The van der Waals surface area contributed by atoms with Crippen LogP contribution in [0.25, 0.3) is 0 Å². The largest absolute Gasteiger partial charge is 0.465 e. The van der Waals surface area contributed by atoms with Gasteiger partial charge in [-0.2, -0.15) is 0 Å². The predicted octanol–water partition coefficient (Wildman–Crippen LogP) is 1.19. The predicted molar refractivity (Wildman–Crippen MR) is 53.5 cm³/mol. The molecule has 0 aliphatic heterocycles. The molecule has 4 saturated carbocycles. The van der Waals surface area contributed by atoms with Crippen LogP contribution >= 0.6 is 0 Å². The van der Waals surface area contributed by atoms with Gasteiger partial charge in [0, 0.05) is 6.04 Å². The van der Waals surface area contributed by atoms with E-state index < -0.39 is 11.7 Å². The van der Waals surface area contributed by atoms with Crippen LogP contribution in [0.5, 0.6) is 0 Å². The van der Waals surface area contributed by atoms with Crippen LogP contribution in [0.2, 0.25) is 0 Å². The lowest BCUT2D eigenvalue weighted by atomic mass is 9.52. The minimum atomic E-state index is -0.917. The SMILES string of the molecule is O=C(O)NC1[C@@H]2CC3C[C@H]1CC(O)(C3)C2. The third-order valence-corrected chi connectivity index (χ3v) is 4.53. The zero-order valence-corrected chi connectivity index (χ0v) is 8.65. The van der Waals surface area contributed by atoms with E-state index in [1.54, 1.807) is 0 Å². The maximum atomic E-state index is 10.7. The van der Waals surface area contributed by atoms with E-state index in [2.05, 4.69) is 5.32 Å². The van der Waals surface area contributed by atoms with Crippen LogP contribution in [-0.2, 0) is 0 Å². The maximum absolute atomic E-state index is 10.7. The average Bonchev–Trinajstić information content (AvgIpc) is 2.08. The summed E-state index contributed by atoms with van der Waals surface area (Å²) in [6, 6.07) is 0.0966. The third kappa shape index (κ3) is 1.42. The second-order valence-corrected chi connectivity index (χ2v) is 5.67. The average molecular weight is 211 g/mol. The van der Waals surface area contributed by atoms with Crippen LogP contribution in [0, 0.1) is 17.8 Å². The number of hydrogen-bond donors (Lipinski definition) is 3. The zero-order chi connectivity index (χ0) is 10.6. The van der Waals surface area contributed by atoms with Crippen LogP contribution < -0.4 is 5.32 Å². The first-order chi connectivity index (χ1) is 7.06. The molecule has 5 atom stereocenters. The second kappa shape index (κ2) is 2.88. The van der Waals surface area contributed by atoms with Crippen molar-refractivity contribution in [3.8, 4) is 0 Å². The van der Waals surface area contributed by atoms with Gasteiger partial charge in [0.2, 0.25) is 0 Å². The van der Waals surface area contributed by atoms with Gasteiger partial charge in [-0.1, -0.05) is 0 Å². The molecule has 4 aliphatic carbocycles. The van der Waals surface area contributed by atoms with Crippen LogP contribution in [0.3, 0.4) is 0 Å². The van der Waals surface area contributed by atoms with Crippen molar-refractivity contribution in [2.24, 2.45) is 17.8 Å². The molecule has 4 bridgehead atoms. The van der Waals surface area contributed by atoms with Gasteiger partial charge in [-0.3, -0.25) is 0 Å². The molecule has 0 aromatic carbocycles. The molecule has 0 heterocycles. The van der Waals surface area contributed by atoms with Crippen molar-refractivity contribution in [3.63, 3.8) is 0 Å². The Kier molecular flexibility index (Phi) is 1.81. The first kappa shape index (κ1) is 9.46. The third-order valence-electron chi connectivity index (χ3n) is 4.53. The fourth-order valence-corrected chi connectivity index (χ4v) is 4.36. The molecule has 0 saturated heterocycles. The normalized spacial score (nSPS) is 51.8. The number of amides is 1. The van der Waals surface area contributed by atoms with E-state index in [1.165, 1.54) is 0 Å². The van der Waals surface area contributed by atoms with Crippen LogP contribution in [0.4, 0.5) is 4.79 Å². The zero-order valence-electron chi connectivity index (χ0n) is 8.65. The molecule has 3 unspecified atom stereocenters. The summed E-state index contributed by atoms with van der Waals surface area (Å²) in [6.07, 6.45) is 3.82. The van der Waals surface area contributed by atoms with Crippen molar-refractivity contribution in [1.29, 1.82) is 0 Å². The Bertz CT molecular complexity index is 288. The van der Waals surface area contributed by atoms with E-state index in [4.69, 9.17) is 5.11 Å². The molecule has 4 fully saturated rings. The lowest BCUT2D eigenvalue weighted by Crippen LogP contribution is -2.61. The molecule has 4 heteroatoms. The fraction of sp³-hybridized carbons (Fsp3) is 0.909. The van der Waals surface area contributed by atoms with Crippen LogP contribution in [-0.4, -0.2) is 27.9 Å². The summed E-state index contributed by atoms with van der Waals surface area (Å²) < 4.78 is 0. The van der Waals surface area contributed by atoms with Crippen molar-refractivity contribution in [2.75, 3.05) is 0 Å². The Morgan fingerprint density at radius 2 is 1.80 bits per heavy atom. The smallest absolute Gasteiger partial charge is 0.404 e. The van der Waals surface area contributed by atoms with Gasteiger partial charge in [0.05, 0.1) is 5.60 Å². The van der Waals surface area contributed by atoms with Crippen LogP contribution in [0.1, 0.15) is 32.1 Å². The highest BCUT2D eigenvalue weighted by molar-refractivity contribution is 5.65. The molecule has 0 aromatic rings. The summed E-state index contributed by atoms with van der Waals surface area (Å²) in [6.45, 7) is 0. The summed E-state index contributed by atoms with van der Waals surface area (Å²) in [7, 11) is 0. The van der Waals surface area contributed by atoms with Gasteiger partial charge in [0.1, 0.15) is 0 Å². The minimum Gasteiger partial charge on any atom is -0.465 e. The lowest BCUT2D eigenvalue weighted by Gasteiger charge is -2.57. The van der Waals surface area contributed by atoms with E-state index in [9.17, 15) is 9.90 Å². The van der Waals surface area contributed by atoms with Gasteiger partial charge in [0.15, 0.2) is 0 Å². The molecule has 3 N–H and O–H groups in total. The second-order valence-electron chi connectivity index (χ2n) is 5.67. The first-order valence-corrected chi connectivity index (χ1v) is 5.78. The van der Waals surface area contributed by atoms with Crippen molar-refractivity contribution in [2.45, 2.75) is 43.7 Å². The van der Waals surface area contributed by atoms with Gasteiger partial charge in [-0.25, -0.2) is 4.79 Å². The monoisotopic (exact) mass is 211 g/mol. The van der Waals surface area contributed by atoms with Crippen molar-refractivity contribution in [3.05, 3.63) is 0 Å². The molecular formula is C11H17NO3. The molecule has 1 amide bonds. The number of carboxylic acid groups (broad SMARTS) is 1. The van der Waals surface area contributed by atoms with Crippen LogP contribution in [0.15, 0.2) is 0 Å². The van der Waals surface area contributed by atoms with Crippen molar-refractivity contribution in [1.82, 2.24) is 5.32 Å². The van der Waals surface area contributed by atoms with Gasteiger partial charge in [0.25, 0.3) is 0 Å². The standard InChI is InChI=1S/C11H17NO3/c13-10(14)12-9-7-1-6-2-8(9)5-11(15,3-6)4-7/h6-9,12,15H,1-5H2,(H,13,14)/t6?,7-,8+,9?,11?. The fourth-order valence-electron chi connectivity index (χ4n) is 4.36. The Morgan fingerprint density at radius 3 is 2.27 bits per heavy atom. The molecule has 4 rings (SSSR count). The van der Waals surface area contributed by atoms with E-state index in [-0.39, 0.29) is 6.04 Å². The number of nitrogens with one attached hydrogen (secondary N) is 1. The molecule has 0 aromatic heterocycles. The Hall–Kier alpha value is -0.770. The van der Waals surface area contributed by atoms with Gasteiger partial charge >= 0.3 is 6.09 Å². The highest BCUT2D eigenvalue weighted by Gasteiger charge is 2.54. The summed E-state index contributed by atoms with van der Waals surface area (Å²) in [4.78, 5) is 10.7. The number of aliphatic hydroxyl groups is 1. The molecule has 4 nitrogen and oxygen atoms in total. The number of hydrogen-bond acceptors (Lipinski definition) is 2.